The van der Waals surface area contributed by atoms with E-state index in [1.165, 1.54) is 23.0 Å². The molecule has 1 aliphatic rings. The lowest BCUT2D eigenvalue weighted by atomic mass is 9.86. The SMILES string of the molecule is CC[C@@H]1[C@H](C=O)[C@]1(C)c1cc(C(C)C)cc(C(C)C)c1. The van der Waals surface area contributed by atoms with Crippen LogP contribution >= 0.6 is 0 Å². The van der Waals surface area contributed by atoms with Crippen LogP contribution in [0.25, 0.3) is 0 Å². The van der Waals surface area contributed by atoms with Gasteiger partial charge < -0.3 is 4.79 Å². The van der Waals surface area contributed by atoms with E-state index in [1.807, 2.05) is 0 Å². The zero-order valence-electron chi connectivity index (χ0n) is 13.7. The van der Waals surface area contributed by atoms with Crippen LogP contribution < -0.4 is 0 Å². The van der Waals surface area contributed by atoms with Crippen molar-refractivity contribution >= 4 is 6.29 Å². The molecule has 1 saturated carbocycles. The number of hydrogen-bond acceptors (Lipinski definition) is 1. The molecular formula is C19H28O. The van der Waals surface area contributed by atoms with Crippen LogP contribution in [-0.2, 0) is 10.2 Å². The van der Waals surface area contributed by atoms with Crippen molar-refractivity contribution in [2.75, 3.05) is 0 Å². The number of carbonyl (C=O) groups is 1. The van der Waals surface area contributed by atoms with E-state index < -0.39 is 0 Å². The van der Waals surface area contributed by atoms with Crippen LogP contribution in [0.15, 0.2) is 18.2 Å². The van der Waals surface area contributed by atoms with E-state index in [-0.39, 0.29) is 11.3 Å². The van der Waals surface area contributed by atoms with E-state index >= 15 is 0 Å². The van der Waals surface area contributed by atoms with Crippen LogP contribution in [0.4, 0.5) is 0 Å². The molecule has 0 N–H and O–H groups in total. The molecule has 20 heavy (non-hydrogen) atoms. The molecule has 0 amide bonds. The van der Waals surface area contributed by atoms with Gasteiger partial charge in [0.05, 0.1) is 0 Å². The van der Waals surface area contributed by atoms with Gasteiger partial charge in [-0.1, -0.05) is 66.2 Å². The Bertz CT molecular complexity index is 474. The van der Waals surface area contributed by atoms with Crippen LogP contribution in [0.2, 0.25) is 0 Å². The first kappa shape index (κ1) is 15.3. The van der Waals surface area contributed by atoms with E-state index in [0.29, 0.717) is 17.8 Å². The Morgan fingerprint density at radius 1 is 1.10 bits per heavy atom. The third-order valence-corrected chi connectivity index (χ3v) is 5.31. The van der Waals surface area contributed by atoms with E-state index in [2.05, 4.69) is 59.7 Å². The van der Waals surface area contributed by atoms with Crippen LogP contribution in [-0.4, -0.2) is 6.29 Å². The molecular weight excluding hydrogens is 244 g/mol. The van der Waals surface area contributed by atoms with Gasteiger partial charge in [0, 0.05) is 11.3 Å². The van der Waals surface area contributed by atoms with Gasteiger partial charge in [-0.2, -0.15) is 0 Å². The van der Waals surface area contributed by atoms with Crippen LogP contribution in [0.1, 0.15) is 76.5 Å². The Hall–Kier alpha value is -1.11. The predicted octanol–water partition coefficient (Wildman–Crippen LogP) is 5.05. The van der Waals surface area contributed by atoms with Crippen molar-refractivity contribution < 1.29 is 4.79 Å². The topological polar surface area (TPSA) is 17.1 Å². The average Bonchev–Trinajstić information content (AvgIpc) is 3.03. The summed E-state index contributed by atoms with van der Waals surface area (Å²) in [5.41, 5.74) is 4.24. The highest BCUT2D eigenvalue weighted by Crippen LogP contribution is 2.60. The molecule has 1 nitrogen and oxygen atoms in total. The van der Waals surface area contributed by atoms with Crippen molar-refractivity contribution in [2.45, 2.75) is 65.2 Å². The first-order chi connectivity index (χ1) is 9.36. The minimum Gasteiger partial charge on any atom is -0.303 e. The normalized spacial score (nSPS) is 29.0. The molecule has 0 heterocycles. The molecule has 1 aromatic rings. The Kier molecular flexibility index (Phi) is 4.09. The first-order valence-corrected chi connectivity index (χ1v) is 7.96. The third kappa shape index (κ3) is 2.32. The molecule has 0 radical (unpaired) electrons. The van der Waals surface area contributed by atoms with Gasteiger partial charge in [0.25, 0.3) is 0 Å². The number of benzene rings is 1. The summed E-state index contributed by atoms with van der Waals surface area (Å²) in [5, 5.41) is 0. The van der Waals surface area contributed by atoms with Gasteiger partial charge in [-0.25, -0.2) is 0 Å². The third-order valence-electron chi connectivity index (χ3n) is 5.31. The number of aldehydes is 1. The lowest BCUT2D eigenvalue weighted by molar-refractivity contribution is -0.109. The summed E-state index contributed by atoms with van der Waals surface area (Å²) in [6.45, 7) is 13.4. The zero-order chi connectivity index (χ0) is 15.1. The quantitative estimate of drug-likeness (QED) is 0.686. The first-order valence-electron chi connectivity index (χ1n) is 7.96. The van der Waals surface area contributed by atoms with Crippen molar-refractivity contribution in [1.82, 2.24) is 0 Å². The van der Waals surface area contributed by atoms with Crippen LogP contribution in [0, 0.1) is 11.8 Å². The molecule has 3 atom stereocenters. The highest BCUT2D eigenvalue weighted by Gasteiger charge is 2.60. The molecule has 0 aromatic heterocycles. The second-order valence-corrected chi connectivity index (χ2v) is 7.16. The minimum atomic E-state index is 0.0606. The highest BCUT2D eigenvalue weighted by molar-refractivity contribution is 5.66. The van der Waals surface area contributed by atoms with Crippen molar-refractivity contribution in [2.24, 2.45) is 11.8 Å². The standard InChI is InChI=1S/C19H28O/c1-7-17-18(11-20)19(17,6)16-9-14(12(2)3)8-15(10-16)13(4)5/h8-13,17-18H,7H2,1-6H3/t17-,18+,19-/m1/s1. The summed E-state index contributed by atoms with van der Waals surface area (Å²) in [4.78, 5) is 11.4. The largest absolute Gasteiger partial charge is 0.303 e. The maximum atomic E-state index is 11.4. The second kappa shape index (κ2) is 5.35. The fourth-order valence-electron chi connectivity index (χ4n) is 3.61. The molecule has 0 saturated heterocycles. The molecule has 2 rings (SSSR count). The lowest BCUT2D eigenvalue weighted by Gasteiger charge is -2.19. The molecule has 1 heteroatoms. The van der Waals surface area contributed by atoms with Gasteiger partial charge in [-0.15, -0.1) is 0 Å². The fraction of sp³-hybridized carbons (Fsp3) is 0.632. The Morgan fingerprint density at radius 2 is 1.60 bits per heavy atom. The summed E-state index contributed by atoms with van der Waals surface area (Å²) < 4.78 is 0. The smallest absolute Gasteiger partial charge is 0.124 e. The number of rotatable bonds is 5. The van der Waals surface area contributed by atoms with E-state index in [0.717, 1.165) is 6.42 Å². The Labute approximate surface area is 123 Å². The van der Waals surface area contributed by atoms with Crippen molar-refractivity contribution in [1.29, 1.82) is 0 Å². The summed E-state index contributed by atoms with van der Waals surface area (Å²) in [6.07, 6.45) is 2.26. The summed E-state index contributed by atoms with van der Waals surface area (Å²) >= 11 is 0. The predicted molar refractivity (Wildman–Crippen MR) is 85.3 cm³/mol. The maximum absolute atomic E-state index is 11.4. The summed E-state index contributed by atoms with van der Waals surface area (Å²) in [5.74, 6) is 1.78. The molecule has 0 bridgehead atoms. The fourth-order valence-corrected chi connectivity index (χ4v) is 3.61. The van der Waals surface area contributed by atoms with Gasteiger partial charge in [0.2, 0.25) is 0 Å². The van der Waals surface area contributed by atoms with Crippen LogP contribution in [0.5, 0.6) is 0 Å². The summed E-state index contributed by atoms with van der Waals surface area (Å²) in [6, 6.07) is 7.01. The van der Waals surface area contributed by atoms with Gasteiger partial charge in [-0.3, -0.25) is 0 Å². The minimum absolute atomic E-state index is 0.0606. The Balaban J connectivity index is 2.49. The lowest BCUT2D eigenvalue weighted by Crippen LogP contribution is -2.09. The van der Waals surface area contributed by atoms with E-state index in [1.54, 1.807) is 0 Å². The average molecular weight is 272 g/mol. The van der Waals surface area contributed by atoms with Crippen molar-refractivity contribution in [3.63, 3.8) is 0 Å². The molecule has 0 spiro atoms. The monoisotopic (exact) mass is 272 g/mol. The van der Waals surface area contributed by atoms with Gasteiger partial charge >= 0.3 is 0 Å². The van der Waals surface area contributed by atoms with Crippen molar-refractivity contribution in [3.8, 4) is 0 Å². The van der Waals surface area contributed by atoms with E-state index in [4.69, 9.17) is 0 Å². The number of carbonyl (C=O) groups excluding carboxylic acids is 1. The maximum Gasteiger partial charge on any atom is 0.124 e. The van der Waals surface area contributed by atoms with Gasteiger partial charge in [0.15, 0.2) is 0 Å². The molecule has 1 fully saturated rings. The molecule has 0 aliphatic heterocycles. The second-order valence-electron chi connectivity index (χ2n) is 7.16. The number of hydrogen-bond donors (Lipinski definition) is 0. The molecule has 1 aliphatic carbocycles. The van der Waals surface area contributed by atoms with Crippen LogP contribution in [0.3, 0.4) is 0 Å². The van der Waals surface area contributed by atoms with Crippen molar-refractivity contribution in [3.05, 3.63) is 34.9 Å². The Morgan fingerprint density at radius 3 is 1.90 bits per heavy atom. The van der Waals surface area contributed by atoms with Gasteiger partial charge in [-0.05, 0) is 34.4 Å². The highest BCUT2D eigenvalue weighted by atomic mass is 16.1. The molecule has 0 unspecified atom stereocenters. The molecule has 1 aromatic carbocycles. The van der Waals surface area contributed by atoms with E-state index in [9.17, 15) is 4.79 Å². The molecule has 110 valence electrons. The summed E-state index contributed by atoms with van der Waals surface area (Å²) in [7, 11) is 0. The zero-order valence-corrected chi connectivity index (χ0v) is 13.7. The van der Waals surface area contributed by atoms with Gasteiger partial charge in [0.1, 0.15) is 6.29 Å².